The first kappa shape index (κ1) is 31.9. The number of amides is 4. The Kier molecular flexibility index (Phi) is 8.82. The van der Waals surface area contributed by atoms with Crippen LogP contribution in [0.4, 0.5) is 21.0 Å². The maximum Gasteiger partial charge on any atom is 0.410 e. The van der Waals surface area contributed by atoms with Crippen molar-refractivity contribution in [3.8, 4) is 11.3 Å². The number of ether oxygens (including phenoxy) is 2. The van der Waals surface area contributed by atoms with E-state index in [1.807, 2.05) is 24.3 Å². The van der Waals surface area contributed by atoms with Crippen molar-refractivity contribution in [2.24, 2.45) is 0 Å². The van der Waals surface area contributed by atoms with Gasteiger partial charge in [-0.2, -0.15) is 0 Å². The molecule has 0 spiro atoms. The van der Waals surface area contributed by atoms with Gasteiger partial charge in [-0.15, -0.1) is 0 Å². The molecular formula is C34H42N4O7. The zero-order chi connectivity index (χ0) is 32.5. The van der Waals surface area contributed by atoms with Crippen molar-refractivity contribution in [3.05, 3.63) is 48.5 Å². The SMILES string of the molecule is CC(C)(C)OC(=O)N1CCC[C@H]1C(=O)Nc1ccc(-c2cc3cc(NC(=O)[C@@H]4CCCN4C(=O)OC(C)(C)C)ccc3o2)cc1. The fourth-order valence-electron chi connectivity index (χ4n) is 5.59. The van der Waals surface area contributed by atoms with Gasteiger partial charge in [-0.1, -0.05) is 0 Å². The second kappa shape index (κ2) is 12.5. The fraction of sp³-hybridized carbons (Fsp3) is 0.471. The number of hydrogen-bond donors (Lipinski definition) is 2. The predicted octanol–water partition coefficient (Wildman–Crippen LogP) is 6.78. The molecule has 4 amide bonds. The summed E-state index contributed by atoms with van der Waals surface area (Å²) in [5.74, 6) is 0.118. The van der Waals surface area contributed by atoms with Gasteiger partial charge in [-0.05, 0) is 116 Å². The van der Waals surface area contributed by atoms with Gasteiger partial charge in [-0.25, -0.2) is 9.59 Å². The summed E-state index contributed by atoms with van der Waals surface area (Å²) in [5, 5.41) is 6.66. The topological polar surface area (TPSA) is 130 Å². The Labute approximate surface area is 263 Å². The fourth-order valence-corrected chi connectivity index (χ4v) is 5.59. The van der Waals surface area contributed by atoms with Gasteiger partial charge in [0.1, 0.15) is 34.6 Å². The van der Waals surface area contributed by atoms with Crippen LogP contribution in [0.1, 0.15) is 67.2 Å². The number of fused-ring (bicyclic) bond motifs is 1. The van der Waals surface area contributed by atoms with E-state index >= 15 is 0 Å². The van der Waals surface area contributed by atoms with Crippen LogP contribution < -0.4 is 10.6 Å². The standard InChI is InChI=1S/C34H42N4O7/c1-33(2,3)44-31(41)37-17-7-9-25(37)29(39)35-23-13-11-21(12-14-23)28-20-22-19-24(15-16-27(22)43-28)36-30(40)26-10-8-18-38(26)32(42)45-34(4,5)6/h11-16,19-20,25-26H,7-10,17-18H2,1-6H3,(H,35,39)(H,36,40)/t25-,26-/m0/s1. The summed E-state index contributed by atoms with van der Waals surface area (Å²) in [6, 6.07) is 13.4. The number of carbonyl (C=O) groups excluding carboxylic acids is 4. The number of likely N-dealkylation sites (tertiary alicyclic amines) is 2. The Bertz CT molecular complexity index is 1580. The zero-order valence-electron chi connectivity index (χ0n) is 26.8. The number of benzene rings is 2. The predicted molar refractivity (Wildman–Crippen MR) is 171 cm³/mol. The Morgan fingerprint density at radius 3 is 1.71 bits per heavy atom. The first-order valence-corrected chi connectivity index (χ1v) is 15.4. The van der Waals surface area contributed by atoms with Crippen LogP contribution in [0.2, 0.25) is 0 Å². The smallest absolute Gasteiger partial charge is 0.410 e. The van der Waals surface area contributed by atoms with E-state index in [1.165, 1.54) is 9.80 Å². The van der Waals surface area contributed by atoms with Crippen molar-refractivity contribution >= 4 is 46.3 Å². The van der Waals surface area contributed by atoms with Crippen LogP contribution in [0.5, 0.6) is 0 Å². The van der Waals surface area contributed by atoms with Crippen LogP contribution in [-0.4, -0.2) is 70.2 Å². The molecule has 3 heterocycles. The molecule has 45 heavy (non-hydrogen) atoms. The summed E-state index contributed by atoms with van der Waals surface area (Å²) >= 11 is 0. The molecule has 5 rings (SSSR count). The highest BCUT2D eigenvalue weighted by Crippen LogP contribution is 2.31. The molecule has 0 unspecified atom stereocenters. The molecule has 3 aromatic rings. The Morgan fingerprint density at radius 1 is 0.711 bits per heavy atom. The molecule has 0 saturated carbocycles. The second-order valence-electron chi connectivity index (χ2n) is 13.6. The van der Waals surface area contributed by atoms with E-state index in [0.717, 1.165) is 23.8 Å². The minimum atomic E-state index is -0.639. The van der Waals surface area contributed by atoms with Gasteiger partial charge in [0, 0.05) is 35.4 Å². The lowest BCUT2D eigenvalue weighted by Crippen LogP contribution is -2.45. The number of anilines is 2. The lowest BCUT2D eigenvalue weighted by Gasteiger charge is -2.28. The summed E-state index contributed by atoms with van der Waals surface area (Å²) < 4.78 is 17.0. The molecule has 0 bridgehead atoms. The van der Waals surface area contributed by atoms with E-state index in [-0.39, 0.29) is 11.8 Å². The van der Waals surface area contributed by atoms with E-state index in [9.17, 15) is 19.2 Å². The molecule has 11 nitrogen and oxygen atoms in total. The molecule has 0 radical (unpaired) electrons. The highest BCUT2D eigenvalue weighted by atomic mass is 16.6. The van der Waals surface area contributed by atoms with Gasteiger partial charge in [0.05, 0.1) is 0 Å². The van der Waals surface area contributed by atoms with Crippen LogP contribution in [0, 0.1) is 0 Å². The van der Waals surface area contributed by atoms with Gasteiger partial charge in [0.15, 0.2) is 0 Å². The molecule has 2 aliphatic heterocycles. The molecule has 2 aliphatic rings. The largest absolute Gasteiger partial charge is 0.456 e. The molecular weight excluding hydrogens is 576 g/mol. The van der Waals surface area contributed by atoms with Crippen molar-refractivity contribution in [1.29, 1.82) is 0 Å². The van der Waals surface area contributed by atoms with Crippen LogP contribution in [0.15, 0.2) is 52.9 Å². The van der Waals surface area contributed by atoms with Crippen LogP contribution in [0.3, 0.4) is 0 Å². The van der Waals surface area contributed by atoms with Crippen molar-refractivity contribution in [2.45, 2.75) is 90.5 Å². The monoisotopic (exact) mass is 618 g/mol. The van der Waals surface area contributed by atoms with Crippen LogP contribution in [-0.2, 0) is 19.1 Å². The number of nitrogens with one attached hydrogen (secondary N) is 2. The van der Waals surface area contributed by atoms with Crippen molar-refractivity contribution < 1.29 is 33.1 Å². The highest BCUT2D eigenvalue weighted by molar-refractivity contribution is 5.99. The molecule has 1 aromatic heterocycles. The number of rotatable bonds is 5. The Morgan fingerprint density at radius 2 is 1.20 bits per heavy atom. The van der Waals surface area contributed by atoms with Gasteiger partial charge in [0.25, 0.3) is 0 Å². The number of carbonyl (C=O) groups is 4. The van der Waals surface area contributed by atoms with E-state index in [2.05, 4.69) is 10.6 Å². The van der Waals surface area contributed by atoms with Crippen LogP contribution >= 0.6 is 0 Å². The van der Waals surface area contributed by atoms with Gasteiger partial charge >= 0.3 is 12.2 Å². The summed E-state index contributed by atoms with van der Waals surface area (Å²) in [4.78, 5) is 54.3. The zero-order valence-corrected chi connectivity index (χ0v) is 26.8. The van der Waals surface area contributed by atoms with E-state index in [1.54, 1.807) is 65.8 Å². The van der Waals surface area contributed by atoms with Gasteiger partial charge in [-0.3, -0.25) is 19.4 Å². The Balaban J connectivity index is 1.22. The minimum absolute atomic E-state index is 0.253. The van der Waals surface area contributed by atoms with Crippen LogP contribution in [0.25, 0.3) is 22.3 Å². The third-order valence-corrected chi connectivity index (χ3v) is 7.59. The lowest BCUT2D eigenvalue weighted by atomic mass is 10.1. The maximum atomic E-state index is 13.1. The van der Waals surface area contributed by atoms with Gasteiger partial charge < -0.3 is 24.5 Å². The molecule has 2 atom stereocenters. The molecule has 0 aliphatic carbocycles. The summed E-state index contributed by atoms with van der Waals surface area (Å²) in [7, 11) is 0. The molecule has 2 aromatic carbocycles. The van der Waals surface area contributed by atoms with Crippen molar-refractivity contribution in [3.63, 3.8) is 0 Å². The normalized spacial score (nSPS) is 18.6. The molecule has 2 saturated heterocycles. The number of hydrogen-bond acceptors (Lipinski definition) is 7. The third kappa shape index (κ3) is 7.76. The maximum absolute atomic E-state index is 13.1. The molecule has 240 valence electrons. The number of furan rings is 1. The average molecular weight is 619 g/mol. The lowest BCUT2D eigenvalue weighted by molar-refractivity contribution is -0.121. The second-order valence-corrected chi connectivity index (χ2v) is 13.6. The highest BCUT2D eigenvalue weighted by Gasteiger charge is 2.38. The van der Waals surface area contributed by atoms with E-state index in [4.69, 9.17) is 13.9 Å². The summed E-state index contributed by atoms with van der Waals surface area (Å²) in [6.07, 6.45) is 1.65. The minimum Gasteiger partial charge on any atom is -0.456 e. The van der Waals surface area contributed by atoms with E-state index < -0.39 is 35.5 Å². The van der Waals surface area contributed by atoms with Crippen molar-refractivity contribution in [1.82, 2.24) is 9.80 Å². The molecule has 2 fully saturated rings. The van der Waals surface area contributed by atoms with Gasteiger partial charge in [0.2, 0.25) is 11.8 Å². The Hall–Kier alpha value is -4.54. The molecule has 2 N–H and O–H groups in total. The first-order chi connectivity index (χ1) is 21.2. The molecule has 11 heteroatoms. The average Bonchev–Trinajstić information content (AvgIpc) is 3.71. The number of nitrogens with zero attached hydrogens (tertiary/aromatic N) is 2. The summed E-state index contributed by atoms with van der Waals surface area (Å²) in [6.45, 7) is 11.8. The first-order valence-electron chi connectivity index (χ1n) is 15.4. The quantitative estimate of drug-likeness (QED) is 0.322. The van der Waals surface area contributed by atoms with Crippen molar-refractivity contribution in [2.75, 3.05) is 23.7 Å². The van der Waals surface area contributed by atoms with E-state index in [0.29, 0.717) is 48.6 Å². The summed E-state index contributed by atoms with van der Waals surface area (Å²) in [5.41, 5.74) is 1.39. The third-order valence-electron chi connectivity index (χ3n) is 7.59.